The molecule has 28 heavy (non-hydrogen) atoms. The Hall–Kier alpha value is -2.83. The van der Waals surface area contributed by atoms with Gasteiger partial charge in [-0.3, -0.25) is 4.79 Å². The highest BCUT2D eigenvalue weighted by Crippen LogP contribution is 2.25. The molecule has 3 aromatic rings. The Morgan fingerprint density at radius 2 is 1.93 bits per heavy atom. The van der Waals surface area contributed by atoms with Gasteiger partial charge in [0.1, 0.15) is 12.3 Å². The molecule has 0 unspecified atom stereocenters. The molecule has 0 saturated heterocycles. The molecule has 0 aliphatic heterocycles. The van der Waals surface area contributed by atoms with Crippen LogP contribution in [0.3, 0.4) is 0 Å². The third kappa shape index (κ3) is 4.35. The van der Waals surface area contributed by atoms with E-state index in [-0.39, 0.29) is 5.91 Å². The van der Waals surface area contributed by atoms with E-state index in [0.717, 1.165) is 17.1 Å². The molecule has 1 amide bonds. The molecule has 0 spiro atoms. The van der Waals surface area contributed by atoms with Crippen LogP contribution in [0.4, 0.5) is 5.69 Å². The van der Waals surface area contributed by atoms with E-state index in [1.54, 1.807) is 25.4 Å². The fourth-order valence-corrected chi connectivity index (χ4v) is 3.12. The van der Waals surface area contributed by atoms with Crippen molar-refractivity contribution in [2.45, 2.75) is 13.8 Å². The largest absolute Gasteiger partial charge is 0.474 e. The van der Waals surface area contributed by atoms with Gasteiger partial charge in [0.2, 0.25) is 5.88 Å². The summed E-state index contributed by atoms with van der Waals surface area (Å²) in [6.45, 7) is 4.66. The molecular formula is C21H22ClN3O3. The third-order valence-corrected chi connectivity index (χ3v) is 4.56. The van der Waals surface area contributed by atoms with Crippen molar-refractivity contribution in [3.05, 3.63) is 70.6 Å². The number of benzene rings is 1. The van der Waals surface area contributed by atoms with Crippen LogP contribution in [0.25, 0.3) is 5.69 Å². The van der Waals surface area contributed by atoms with Crippen molar-refractivity contribution >= 4 is 23.2 Å². The quantitative estimate of drug-likeness (QED) is 0.597. The van der Waals surface area contributed by atoms with Crippen molar-refractivity contribution in [2.24, 2.45) is 0 Å². The topological polar surface area (TPSA) is 65.4 Å². The number of carbonyl (C=O) groups is 1. The first-order valence-electron chi connectivity index (χ1n) is 8.84. The number of pyridine rings is 1. The first kappa shape index (κ1) is 19.9. The maximum atomic E-state index is 12.9. The molecule has 0 fully saturated rings. The van der Waals surface area contributed by atoms with Crippen LogP contribution in [0.1, 0.15) is 21.7 Å². The summed E-state index contributed by atoms with van der Waals surface area (Å²) < 4.78 is 12.6. The van der Waals surface area contributed by atoms with Gasteiger partial charge in [-0.15, -0.1) is 0 Å². The van der Waals surface area contributed by atoms with Crippen LogP contribution in [0.5, 0.6) is 5.88 Å². The first-order chi connectivity index (χ1) is 13.5. The van der Waals surface area contributed by atoms with Gasteiger partial charge in [0.05, 0.1) is 12.2 Å². The number of nitrogens with one attached hydrogen (secondary N) is 1. The number of nitrogens with zero attached hydrogens (tertiary/aromatic N) is 2. The van der Waals surface area contributed by atoms with E-state index in [2.05, 4.69) is 10.3 Å². The molecule has 0 aliphatic carbocycles. The summed E-state index contributed by atoms with van der Waals surface area (Å²) in [5.41, 5.74) is 3.83. The minimum absolute atomic E-state index is 0.224. The number of rotatable bonds is 7. The molecule has 0 radical (unpaired) electrons. The van der Waals surface area contributed by atoms with Crippen LogP contribution in [0.15, 0.2) is 48.7 Å². The average molecular weight is 400 g/mol. The highest BCUT2D eigenvalue weighted by atomic mass is 35.5. The molecule has 0 aliphatic rings. The van der Waals surface area contributed by atoms with Crippen LogP contribution >= 0.6 is 11.6 Å². The standard InChI is InChI=1S/C21H22ClN3O3/c1-14-13-18(15(2)25(14)17-8-6-16(22)7-9-17)20(26)24-19-5-4-10-23-21(19)28-12-11-27-3/h4-10,13H,11-12H2,1-3H3,(H,24,26). The van der Waals surface area contributed by atoms with Gasteiger partial charge in [-0.05, 0) is 56.3 Å². The number of halogens is 1. The Kier molecular flexibility index (Phi) is 6.34. The molecule has 3 rings (SSSR count). The van der Waals surface area contributed by atoms with E-state index in [9.17, 15) is 4.79 Å². The first-order valence-corrected chi connectivity index (χ1v) is 9.22. The predicted octanol–water partition coefficient (Wildman–Crippen LogP) is 4.42. The second kappa shape index (κ2) is 8.91. The van der Waals surface area contributed by atoms with Gasteiger partial charge < -0.3 is 19.4 Å². The van der Waals surface area contributed by atoms with Crippen molar-refractivity contribution in [1.82, 2.24) is 9.55 Å². The molecule has 2 aromatic heterocycles. The highest BCUT2D eigenvalue weighted by Gasteiger charge is 2.18. The number of amides is 1. The van der Waals surface area contributed by atoms with E-state index < -0.39 is 0 Å². The van der Waals surface area contributed by atoms with E-state index in [1.807, 2.05) is 48.7 Å². The smallest absolute Gasteiger partial charge is 0.257 e. The zero-order valence-corrected chi connectivity index (χ0v) is 16.8. The second-order valence-corrected chi connectivity index (χ2v) is 6.68. The molecule has 2 heterocycles. The lowest BCUT2D eigenvalue weighted by Gasteiger charge is -2.12. The van der Waals surface area contributed by atoms with Crippen molar-refractivity contribution in [2.75, 3.05) is 25.6 Å². The van der Waals surface area contributed by atoms with Crippen LogP contribution in [-0.2, 0) is 4.74 Å². The lowest BCUT2D eigenvalue weighted by molar-refractivity contribution is 0.102. The van der Waals surface area contributed by atoms with Gasteiger partial charge in [-0.25, -0.2) is 4.98 Å². The third-order valence-electron chi connectivity index (χ3n) is 4.31. The number of ether oxygens (including phenoxy) is 2. The molecule has 0 saturated carbocycles. The van der Waals surface area contributed by atoms with Gasteiger partial charge in [0, 0.05) is 35.4 Å². The number of hydrogen-bond acceptors (Lipinski definition) is 4. The number of hydrogen-bond donors (Lipinski definition) is 1. The van der Waals surface area contributed by atoms with Gasteiger partial charge in [-0.1, -0.05) is 11.6 Å². The zero-order valence-electron chi connectivity index (χ0n) is 16.0. The highest BCUT2D eigenvalue weighted by molar-refractivity contribution is 6.30. The van der Waals surface area contributed by atoms with Crippen molar-refractivity contribution in [3.63, 3.8) is 0 Å². The second-order valence-electron chi connectivity index (χ2n) is 6.25. The fraction of sp³-hybridized carbons (Fsp3) is 0.238. The van der Waals surface area contributed by atoms with Crippen LogP contribution in [0.2, 0.25) is 5.02 Å². The number of methoxy groups -OCH3 is 1. The normalized spacial score (nSPS) is 10.7. The minimum Gasteiger partial charge on any atom is -0.474 e. The fourth-order valence-electron chi connectivity index (χ4n) is 2.99. The molecule has 1 aromatic carbocycles. The molecule has 1 N–H and O–H groups in total. The van der Waals surface area contributed by atoms with Crippen molar-refractivity contribution in [3.8, 4) is 11.6 Å². The summed E-state index contributed by atoms with van der Waals surface area (Å²) in [7, 11) is 1.60. The molecule has 0 atom stereocenters. The van der Waals surface area contributed by atoms with E-state index in [0.29, 0.717) is 35.4 Å². The SMILES string of the molecule is COCCOc1ncccc1NC(=O)c1cc(C)n(-c2ccc(Cl)cc2)c1C. The van der Waals surface area contributed by atoms with Gasteiger partial charge >= 0.3 is 0 Å². The maximum Gasteiger partial charge on any atom is 0.257 e. The van der Waals surface area contributed by atoms with Crippen LogP contribution in [-0.4, -0.2) is 35.8 Å². The summed E-state index contributed by atoms with van der Waals surface area (Å²) >= 11 is 5.99. The summed E-state index contributed by atoms with van der Waals surface area (Å²) in [6.07, 6.45) is 1.62. The van der Waals surface area contributed by atoms with Gasteiger partial charge in [-0.2, -0.15) is 0 Å². The van der Waals surface area contributed by atoms with E-state index in [4.69, 9.17) is 21.1 Å². The predicted molar refractivity (Wildman–Crippen MR) is 110 cm³/mol. The molecule has 7 heteroatoms. The monoisotopic (exact) mass is 399 g/mol. The molecular weight excluding hydrogens is 378 g/mol. The Labute approximate surface area is 169 Å². The average Bonchev–Trinajstić information content (AvgIpc) is 2.98. The molecule has 6 nitrogen and oxygen atoms in total. The zero-order chi connectivity index (χ0) is 20.1. The van der Waals surface area contributed by atoms with E-state index in [1.165, 1.54) is 0 Å². The number of aryl methyl sites for hydroxylation is 1. The molecule has 0 bridgehead atoms. The summed E-state index contributed by atoms with van der Waals surface area (Å²) in [6, 6.07) is 12.9. The minimum atomic E-state index is -0.224. The number of anilines is 1. The van der Waals surface area contributed by atoms with Crippen LogP contribution < -0.4 is 10.1 Å². The maximum absolute atomic E-state index is 12.9. The lowest BCUT2D eigenvalue weighted by Crippen LogP contribution is -2.15. The molecule has 146 valence electrons. The van der Waals surface area contributed by atoms with Crippen molar-refractivity contribution < 1.29 is 14.3 Å². The lowest BCUT2D eigenvalue weighted by atomic mass is 10.2. The Morgan fingerprint density at radius 3 is 2.64 bits per heavy atom. The summed E-state index contributed by atoms with van der Waals surface area (Å²) in [5, 5.41) is 3.56. The summed E-state index contributed by atoms with van der Waals surface area (Å²) in [5.74, 6) is 0.136. The Bertz CT molecular complexity index is 968. The Balaban J connectivity index is 1.85. The van der Waals surface area contributed by atoms with Crippen LogP contribution in [0, 0.1) is 13.8 Å². The van der Waals surface area contributed by atoms with E-state index >= 15 is 0 Å². The Morgan fingerprint density at radius 1 is 1.18 bits per heavy atom. The number of carbonyl (C=O) groups excluding carboxylic acids is 1. The van der Waals surface area contributed by atoms with Crippen molar-refractivity contribution in [1.29, 1.82) is 0 Å². The van der Waals surface area contributed by atoms with Gasteiger partial charge in [0.15, 0.2) is 0 Å². The number of aromatic nitrogens is 2. The summed E-state index contributed by atoms with van der Waals surface area (Å²) in [4.78, 5) is 17.1. The van der Waals surface area contributed by atoms with Gasteiger partial charge in [0.25, 0.3) is 5.91 Å².